The highest BCUT2D eigenvalue weighted by Gasteiger charge is 2.30. The Bertz CT molecular complexity index is 520. The van der Waals surface area contributed by atoms with E-state index in [0.29, 0.717) is 18.6 Å². The number of hydrogen-bond acceptors (Lipinski definition) is 5. The lowest BCUT2D eigenvalue weighted by molar-refractivity contribution is 0.0526. The van der Waals surface area contributed by atoms with Gasteiger partial charge in [-0.1, -0.05) is 0 Å². The van der Waals surface area contributed by atoms with E-state index in [9.17, 15) is 13.2 Å². The van der Waals surface area contributed by atoms with Crippen molar-refractivity contribution in [2.45, 2.75) is 19.4 Å². The fourth-order valence-corrected chi connectivity index (χ4v) is 3.55. The Kier molecular flexibility index (Phi) is 3.19. The summed E-state index contributed by atoms with van der Waals surface area (Å²) in [6, 6.07) is -0.164. The zero-order valence-electron chi connectivity index (χ0n) is 9.50. The zero-order valence-corrected chi connectivity index (χ0v) is 10.3. The Balaban J connectivity index is 2.11. The van der Waals surface area contributed by atoms with Gasteiger partial charge in [0.2, 0.25) is 0 Å². The minimum atomic E-state index is -2.94. The van der Waals surface area contributed by atoms with Crippen LogP contribution in [0.15, 0.2) is 12.4 Å². The van der Waals surface area contributed by atoms with Crippen LogP contribution < -0.4 is 0 Å². The van der Waals surface area contributed by atoms with Gasteiger partial charge in [-0.3, -0.25) is 4.68 Å². The lowest BCUT2D eigenvalue weighted by Crippen LogP contribution is -2.11. The average molecular weight is 258 g/mol. The number of aromatic nitrogens is 2. The van der Waals surface area contributed by atoms with Gasteiger partial charge in [-0.15, -0.1) is 0 Å². The van der Waals surface area contributed by atoms with Gasteiger partial charge >= 0.3 is 5.97 Å². The topological polar surface area (TPSA) is 78.3 Å². The molecular formula is C10H14N2O4S. The first-order valence-corrected chi connectivity index (χ1v) is 7.25. The SMILES string of the molecule is CCOC(=O)c1cnn(C2CCS(=O)(=O)C2)c1. The van der Waals surface area contributed by atoms with Crippen LogP contribution in [0.25, 0.3) is 0 Å². The van der Waals surface area contributed by atoms with Gasteiger partial charge in [-0.25, -0.2) is 13.2 Å². The van der Waals surface area contributed by atoms with Crippen LogP contribution in [-0.2, 0) is 14.6 Å². The molecule has 1 saturated heterocycles. The molecule has 0 N–H and O–H groups in total. The third kappa shape index (κ3) is 2.66. The van der Waals surface area contributed by atoms with E-state index in [0.717, 1.165) is 0 Å². The maximum absolute atomic E-state index is 11.4. The van der Waals surface area contributed by atoms with E-state index >= 15 is 0 Å². The molecule has 1 aliphatic heterocycles. The summed E-state index contributed by atoms with van der Waals surface area (Å²) in [6.07, 6.45) is 3.50. The highest BCUT2D eigenvalue weighted by atomic mass is 32.2. The molecule has 0 spiro atoms. The molecule has 2 heterocycles. The van der Waals surface area contributed by atoms with E-state index in [-0.39, 0.29) is 17.5 Å². The third-order valence-electron chi connectivity index (χ3n) is 2.70. The molecule has 0 saturated carbocycles. The van der Waals surface area contributed by atoms with Gasteiger partial charge in [0.25, 0.3) is 0 Å². The molecule has 1 aliphatic rings. The van der Waals surface area contributed by atoms with Crippen molar-refractivity contribution in [2.75, 3.05) is 18.1 Å². The van der Waals surface area contributed by atoms with Crippen molar-refractivity contribution in [3.05, 3.63) is 18.0 Å². The fourth-order valence-electron chi connectivity index (χ4n) is 1.84. The number of esters is 1. The summed E-state index contributed by atoms with van der Waals surface area (Å²) >= 11 is 0. The zero-order chi connectivity index (χ0) is 12.5. The molecule has 0 bridgehead atoms. The van der Waals surface area contributed by atoms with Crippen molar-refractivity contribution in [3.63, 3.8) is 0 Å². The number of nitrogens with zero attached hydrogens (tertiary/aromatic N) is 2. The third-order valence-corrected chi connectivity index (χ3v) is 4.45. The van der Waals surface area contributed by atoms with Gasteiger partial charge in [0, 0.05) is 6.20 Å². The predicted molar refractivity (Wildman–Crippen MR) is 60.5 cm³/mol. The largest absolute Gasteiger partial charge is 0.462 e. The second-order valence-electron chi connectivity index (χ2n) is 3.99. The van der Waals surface area contributed by atoms with E-state index in [2.05, 4.69) is 5.10 Å². The molecule has 6 nitrogen and oxygen atoms in total. The summed E-state index contributed by atoms with van der Waals surface area (Å²) in [4.78, 5) is 11.4. The molecule has 0 aromatic carbocycles. The van der Waals surface area contributed by atoms with E-state index in [1.165, 1.54) is 10.9 Å². The predicted octanol–water partition coefficient (Wildman–Crippen LogP) is 0.419. The van der Waals surface area contributed by atoms with Gasteiger partial charge in [-0.05, 0) is 13.3 Å². The second-order valence-corrected chi connectivity index (χ2v) is 6.22. The van der Waals surface area contributed by atoms with E-state index < -0.39 is 15.8 Å². The summed E-state index contributed by atoms with van der Waals surface area (Å²) in [7, 11) is -2.94. The molecule has 0 aliphatic carbocycles. The minimum absolute atomic E-state index is 0.0942. The van der Waals surface area contributed by atoms with Gasteiger partial charge in [-0.2, -0.15) is 5.10 Å². The highest BCUT2D eigenvalue weighted by Crippen LogP contribution is 2.23. The van der Waals surface area contributed by atoms with Crippen molar-refractivity contribution in [1.29, 1.82) is 0 Å². The number of hydrogen-bond donors (Lipinski definition) is 0. The van der Waals surface area contributed by atoms with Gasteiger partial charge in [0.1, 0.15) is 0 Å². The smallest absolute Gasteiger partial charge is 0.341 e. The first-order chi connectivity index (χ1) is 8.02. The molecule has 17 heavy (non-hydrogen) atoms. The van der Waals surface area contributed by atoms with E-state index in [1.807, 2.05) is 0 Å². The molecule has 0 amide bonds. The number of carbonyl (C=O) groups is 1. The standard InChI is InChI=1S/C10H14N2O4S/c1-2-16-10(13)8-5-11-12(6-8)9-3-4-17(14,15)7-9/h5-6,9H,2-4,7H2,1H3. The van der Waals surface area contributed by atoms with Crippen molar-refractivity contribution in [3.8, 4) is 0 Å². The molecule has 1 aromatic heterocycles. The molecule has 1 aromatic rings. The number of sulfone groups is 1. The second kappa shape index (κ2) is 4.48. The van der Waals surface area contributed by atoms with Crippen molar-refractivity contribution in [1.82, 2.24) is 9.78 Å². The molecule has 2 rings (SSSR count). The van der Waals surface area contributed by atoms with Crippen LogP contribution in [0.4, 0.5) is 0 Å². The van der Waals surface area contributed by atoms with Crippen molar-refractivity contribution in [2.24, 2.45) is 0 Å². The molecule has 1 atom stereocenters. The normalized spacial score (nSPS) is 22.5. The molecule has 94 valence electrons. The fraction of sp³-hybridized carbons (Fsp3) is 0.600. The first kappa shape index (κ1) is 12.1. The summed E-state index contributed by atoms with van der Waals surface area (Å²) in [5.41, 5.74) is 0.358. The van der Waals surface area contributed by atoms with Crippen molar-refractivity contribution >= 4 is 15.8 Å². The maximum atomic E-state index is 11.4. The van der Waals surface area contributed by atoms with Crippen LogP contribution in [0.3, 0.4) is 0 Å². The molecular weight excluding hydrogens is 244 g/mol. The molecule has 7 heteroatoms. The van der Waals surface area contributed by atoms with Crippen LogP contribution in [0, 0.1) is 0 Å². The first-order valence-electron chi connectivity index (χ1n) is 5.43. The molecule has 0 radical (unpaired) electrons. The quantitative estimate of drug-likeness (QED) is 0.734. The van der Waals surface area contributed by atoms with Crippen LogP contribution in [-0.4, -0.2) is 42.3 Å². The highest BCUT2D eigenvalue weighted by molar-refractivity contribution is 7.91. The van der Waals surface area contributed by atoms with Gasteiger partial charge < -0.3 is 4.74 Å². The number of carbonyl (C=O) groups excluding carboxylic acids is 1. The number of rotatable bonds is 3. The summed E-state index contributed by atoms with van der Waals surface area (Å²) < 4.78 is 29.0. The van der Waals surface area contributed by atoms with Crippen molar-refractivity contribution < 1.29 is 17.9 Å². The van der Waals surface area contributed by atoms with Crippen LogP contribution >= 0.6 is 0 Å². The summed E-state index contributed by atoms with van der Waals surface area (Å²) in [5.74, 6) is -0.150. The molecule has 1 fully saturated rings. The maximum Gasteiger partial charge on any atom is 0.341 e. The van der Waals surface area contributed by atoms with Gasteiger partial charge in [0.15, 0.2) is 9.84 Å². The number of ether oxygens (including phenoxy) is 1. The summed E-state index contributed by atoms with van der Waals surface area (Å²) in [6.45, 7) is 2.04. The Morgan fingerprint density at radius 2 is 2.41 bits per heavy atom. The van der Waals surface area contributed by atoms with Crippen LogP contribution in [0.2, 0.25) is 0 Å². The lowest BCUT2D eigenvalue weighted by Gasteiger charge is -2.06. The Hall–Kier alpha value is -1.37. The minimum Gasteiger partial charge on any atom is -0.462 e. The van der Waals surface area contributed by atoms with Gasteiger partial charge in [0.05, 0.1) is 35.9 Å². The van der Waals surface area contributed by atoms with E-state index in [1.54, 1.807) is 13.1 Å². The Morgan fingerprint density at radius 1 is 1.65 bits per heavy atom. The van der Waals surface area contributed by atoms with Crippen LogP contribution in [0.1, 0.15) is 29.7 Å². The Morgan fingerprint density at radius 3 is 3.00 bits per heavy atom. The Labute approximate surface area is 99.5 Å². The van der Waals surface area contributed by atoms with Crippen LogP contribution in [0.5, 0.6) is 0 Å². The van der Waals surface area contributed by atoms with E-state index in [4.69, 9.17) is 4.74 Å². The molecule has 1 unspecified atom stereocenters. The summed E-state index contributed by atoms with van der Waals surface area (Å²) in [5, 5.41) is 4.02. The average Bonchev–Trinajstić information content (AvgIpc) is 2.84. The monoisotopic (exact) mass is 258 g/mol. The lowest BCUT2D eigenvalue weighted by atomic mass is 10.3.